The lowest BCUT2D eigenvalue weighted by molar-refractivity contribution is -0.224. The van der Waals surface area contributed by atoms with Gasteiger partial charge in [0.25, 0.3) is 0 Å². The Hall–Kier alpha value is -0.0700. The summed E-state index contributed by atoms with van der Waals surface area (Å²) in [5.41, 5.74) is 0. The number of methoxy groups -OCH3 is 1. The van der Waals surface area contributed by atoms with Crippen LogP contribution < -0.4 is 0 Å². The summed E-state index contributed by atoms with van der Waals surface area (Å²) in [6, 6.07) is 0. The second kappa shape index (κ2) is 5.28. The summed E-state index contributed by atoms with van der Waals surface area (Å²) < 4.78 is 22.8. The molecule has 98 valence electrons. The van der Waals surface area contributed by atoms with Crippen LogP contribution in [-0.2, 0) is 18.9 Å². The van der Waals surface area contributed by atoms with Gasteiger partial charge in [-0.3, -0.25) is 0 Å². The third-order valence-corrected chi connectivity index (χ3v) is 3.89. The molecule has 0 aromatic carbocycles. The molecule has 2 rings (SSSR count). The van der Waals surface area contributed by atoms with Crippen molar-refractivity contribution in [3.63, 3.8) is 0 Å². The molecule has 0 N–H and O–H groups in total. The summed E-state index contributed by atoms with van der Waals surface area (Å²) in [6.07, 6.45) is 1.44. The first-order valence-corrected chi connectivity index (χ1v) is 6.95. The van der Waals surface area contributed by atoms with Crippen molar-refractivity contribution in [3.05, 3.63) is 12.7 Å². The zero-order chi connectivity index (χ0) is 12.5. The van der Waals surface area contributed by atoms with Crippen molar-refractivity contribution in [3.8, 4) is 0 Å². The van der Waals surface area contributed by atoms with Crippen molar-refractivity contribution in [2.45, 2.75) is 44.2 Å². The Kier molecular flexibility index (Phi) is 4.15. The summed E-state index contributed by atoms with van der Waals surface area (Å²) in [6.45, 7) is 7.55. The SMILES string of the molecule is C=CCSC[C@H]1O[C@@H](OC)[C@@H]2OC(C)(C)O[C@@H]21. The summed E-state index contributed by atoms with van der Waals surface area (Å²) in [5.74, 6) is 1.24. The Morgan fingerprint density at radius 2 is 2.06 bits per heavy atom. The molecule has 0 aliphatic carbocycles. The molecule has 0 aromatic heterocycles. The zero-order valence-corrected chi connectivity index (χ0v) is 11.4. The predicted octanol–water partition coefficient (Wildman–Crippen LogP) is 1.80. The van der Waals surface area contributed by atoms with E-state index in [2.05, 4.69) is 6.58 Å². The van der Waals surface area contributed by atoms with Crippen LogP contribution in [0.1, 0.15) is 13.8 Å². The molecule has 0 bridgehead atoms. The topological polar surface area (TPSA) is 36.9 Å². The molecule has 0 spiro atoms. The number of thioether (sulfide) groups is 1. The molecule has 0 saturated carbocycles. The van der Waals surface area contributed by atoms with Crippen LogP contribution in [0.25, 0.3) is 0 Å². The minimum Gasteiger partial charge on any atom is -0.353 e. The highest BCUT2D eigenvalue weighted by Gasteiger charge is 2.55. The average Bonchev–Trinajstić information content (AvgIpc) is 2.73. The molecule has 2 aliphatic heterocycles. The lowest BCUT2D eigenvalue weighted by Crippen LogP contribution is -2.31. The van der Waals surface area contributed by atoms with Gasteiger partial charge in [0.15, 0.2) is 12.1 Å². The van der Waals surface area contributed by atoms with Crippen molar-refractivity contribution in [2.75, 3.05) is 18.6 Å². The minimum absolute atomic E-state index is 0.0247. The molecule has 2 heterocycles. The van der Waals surface area contributed by atoms with Gasteiger partial charge in [0.05, 0.1) is 6.10 Å². The highest BCUT2D eigenvalue weighted by atomic mass is 32.2. The summed E-state index contributed by atoms with van der Waals surface area (Å²) >= 11 is 1.78. The minimum atomic E-state index is -0.544. The number of hydrogen-bond donors (Lipinski definition) is 0. The van der Waals surface area contributed by atoms with Crippen LogP contribution in [0.5, 0.6) is 0 Å². The largest absolute Gasteiger partial charge is 0.353 e. The van der Waals surface area contributed by atoms with Gasteiger partial charge in [0.1, 0.15) is 12.2 Å². The van der Waals surface area contributed by atoms with E-state index in [1.807, 2.05) is 19.9 Å². The van der Waals surface area contributed by atoms with E-state index >= 15 is 0 Å². The Balaban J connectivity index is 1.97. The Bertz CT molecular complexity index is 282. The molecule has 0 radical (unpaired) electrons. The van der Waals surface area contributed by atoms with Crippen LogP contribution in [-0.4, -0.2) is 49.0 Å². The lowest BCUT2D eigenvalue weighted by atomic mass is 10.2. The van der Waals surface area contributed by atoms with Gasteiger partial charge in [0, 0.05) is 18.6 Å². The van der Waals surface area contributed by atoms with Crippen LogP contribution in [0.2, 0.25) is 0 Å². The molecule has 4 nitrogen and oxygen atoms in total. The molecule has 4 atom stereocenters. The summed E-state index contributed by atoms with van der Waals surface area (Å²) in [4.78, 5) is 0. The normalized spacial score (nSPS) is 39.2. The molecule has 0 aromatic rings. The molecule has 2 fully saturated rings. The first kappa shape index (κ1) is 13.4. The van der Waals surface area contributed by atoms with Gasteiger partial charge in [0.2, 0.25) is 0 Å². The molecular weight excluding hydrogens is 240 g/mol. The summed E-state index contributed by atoms with van der Waals surface area (Å²) in [7, 11) is 1.63. The summed E-state index contributed by atoms with van der Waals surface area (Å²) in [5, 5.41) is 0. The molecular formula is C12H20O4S. The zero-order valence-electron chi connectivity index (χ0n) is 10.5. The maximum atomic E-state index is 5.88. The van der Waals surface area contributed by atoms with E-state index < -0.39 is 5.79 Å². The van der Waals surface area contributed by atoms with Crippen molar-refractivity contribution < 1.29 is 18.9 Å². The smallest absolute Gasteiger partial charge is 0.186 e. The number of ether oxygens (including phenoxy) is 4. The third-order valence-electron chi connectivity index (χ3n) is 2.86. The average molecular weight is 260 g/mol. The number of rotatable bonds is 5. The van der Waals surface area contributed by atoms with Gasteiger partial charge in [-0.25, -0.2) is 0 Å². The van der Waals surface area contributed by atoms with Gasteiger partial charge < -0.3 is 18.9 Å². The lowest BCUT2D eigenvalue weighted by Gasteiger charge is -2.23. The van der Waals surface area contributed by atoms with Gasteiger partial charge >= 0.3 is 0 Å². The second-order valence-corrected chi connectivity index (χ2v) is 5.74. The molecule has 5 heteroatoms. The first-order chi connectivity index (χ1) is 8.07. The fourth-order valence-corrected chi connectivity index (χ4v) is 3.04. The fourth-order valence-electron chi connectivity index (χ4n) is 2.23. The highest BCUT2D eigenvalue weighted by Crippen LogP contribution is 2.39. The Morgan fingerprint density at radius 1 is 1.35 bits per heavy atom. The second-order valence-electron chi connectivity index (χ2n) is 4.67. The standard InChI is InChI=1S/C12H20O4S/c1-5-6-17-7-8-9-10(11(13-4)14-8)16-12(2,3)15-9/h5,8-11H,1,6-7H2,2-4H3/t8-,9-,10-,11-/m1/s1. The van der Waals surface area contributed by atoms with Crippen molar-refractivity contribution in [1.82, 2.24) is 0 Å². The van der Waals surface area contributed by atoms with Crippen molar-refractivity contribution in [2.24, 2.45) is 0 Å². The van der Waals surface area contributed by atoms with E-state index in [0.717, 1.165) is 11.5 Å². The van der Waals surface area contributed by atoms with E-state index in [1.165, 1.54) is 0 Å². The predicted molar refractivity (Wildman–Crippen MR) is 67.0 cm³/mol. The van der Waals surface area contributed by atoms with Gasteiger partial charge in [-0.05, 0) is 13.8 Å². The van der Waals surface area contributed by atoms with E-state index in [0.29, 0.717) is 0 Å². The molecule has 2 saturated heterocycles. The Labute approximate surface area is 107 Å². The third kappa shape index (κ3) is 2.85. The van der Waals surface area contributed by atoms with E-state index in [4.69, 9.17) is 18.9 Å². The number of fused-ring (bicyclic) bond motifs is 1. The highest BCUT2D eigenvalue weighted by molar-refractivity contribution is 7.99. The van der Waals surface area contributed by atoms with Crippen LogP contribution in [0, 0.1) is 0 Å². The maximum absolute atomic E-state index is 5.88. The molecule has 17 heavy (non-hydrogen) atoms. The Morgan fingerprint density at radius 3 is 2.71 bits per heavy atom. The van der Waals surface area contributed by atoms with Crippen LogP contribution in [0.4, 0.5) is 0 Å². The number of hydrogen-bond acceptors (Lipinski definition) is 5. The van der Waals surface area contributed by atoms with Gasteiger partial charge in [-0.2, -0.15) is 11.8 Å². The maximum Gasteiger partial charge on any atom is 0.186 e. The quantitative estimate of drug-likeness (QED) is 0.556. The van der Waals surface area contributed by atoms with Crippen molar-refractivity contribution in [1.29, 1.82) is 0 Å². The van der Waals surface area contributed by atoms with E-state index in [1.54, 1.807) is 18.9 Å². The first-order valence-electron chi connectivity index (χ1n) is 5.80. The van der Waals surface area contributed by atoms with Crippen LogP contribution in [0.15, 0.2) is 12.7 Å². The van der Waals surface area contributed by atoms with Crippen molar-refractivity contribution >= 4 is 11.8 Å². The van der Waals surface area contributed by atoms with E-state index in [9.17, 15) is 0 Å². The van der Waals surface area contributed by atoms with Gasteiger partial charge in [-0.1, -0.05) is 6.08 Å². The van der Waals surface area contributed by atoms with E-state index in [-0.39, 0.29) is 24.6 Å². The van der Waals surface area contributed by atoms with Gasteiger partial charge in [-0.15, -0.1) is 6.58 Å². The monoisotopic (exact) mass is 260 g/mol. The van der Waals surface area contributed by atoms with Crippen LogP contribution in [0.3, 0.4) is 0 Å². The molecule has 2 aliphatic rings. The molecule has 0 amide bonds. The fraction of sp³-hybridized carbons (Fsp3) is 0.833. The van der Waals surface area contributed by atoms with Crippen LogP contribution >= 0.6 is 11.8 Å². The molecule has 0 unspecified atom stereocenters.